The molecule has 2 N–H and O–H groups in total. The lowest BCUT2D eigenvalue weighted by atomic mass is 9.47. The highest BCUT2D eigenvalue weighted by Gasteiger charge is 2.58. The number of rotatable bonds is 8. The van der Waals surface area contributed by atoms with Crippen LogP contribution in [0.25, 0.3) is 0 Å². The minimum Gasteiger partial charge on any atom is -0.393 e. The first kappa shape index (κ1) is 30.8. The standard InChI is InChI=1S/C37H54N2O4/c1-25(2)32-23-37(19-21-42-32,26-8-6-5-7-9-26)18-20-38-34(41)24-43-39-28-14-16-35(3)27(22-28)10-11-29-30-12-13-33(40)36(30,4)17-15-31(29)35/h5-9,22,25,29-33,40H,10-21,23-24H2,1-4H3,(H,38,41)/t29-,30+,31+,32+,33+,35+,36+,37-/m1/s1. The van der Waals surface area contributed by atoms with Gasteiger partial charge in [0.25, 0.3) is 5.91 Å². The fourth-order valence-electron chi connectivity index (χ4n) is 10.1. The monoisotopic (exact) mass is 590 g/mol. The summed E-state index contributed by atoms with van der Waals surface area (Å²) >= 11 is 0. The predicted molar refractivity (Wildman–Crippen MR) is 171 cm³/mol. The molecule has 4 aliphatic carbocycles. The van der Waals surface area contributed by atoms with Gasteiger partial charge < -0.3 is 20.0 Å². The number of hydrogen-bond acceptors (Lipinski definition) is 5. The Kier molecular flexibility index (Phi) is 8.83. The first-order valence-corrected chi connectivity index (χ1v) is 17.2. The summed E-state index contributed by atoms with van der Waals surface area (Å²) in [7, 11) is 0. The van der Waals surface area contributed by atoms with Gasteiger partial charge in [-0.3, -0.25) is 4.79 Å². The molecule has 8 atom stereocenters. The molecular weight excluding hydrogens is 536 g/mol. The highest BCUT2D eigenvalue weighted by molar-refractivity contribution is 5.96. The number of nitrogens with one attached hydrogen (secondary N) is 1. The molecule has 5 aliphatic rings. The van der Waals surface area contributed by atoms with Crippen LogP contribution in [0.4, 0.5) is 0 Å². The van der Waals surface area contributed by atoms with E-state index in [1.807, 2.05) is 0 Å². The molecule has 0 spiro atoms. The van der Waals surface area contributed by atoms with E-state index in [9.17, 15) is 9.90 Å². The molecule has 0 aromatic heterocycles. The lowest BCUT2D eigenvalue weighted by Gasteiger charge is -2.57. The number of carbonyl (C=O) groups is 1. The van der Waals surface area contributed by atoms with Crippen LogP contribution in [0.3, 0.4) is 0 Å². The molecule has 1 saturated heterocycles. The number of oxime groups is 1. The molecule has 1 aliphatic heterocycles. The Morgan fingerprint density at radius 3 is 2.67 bits per heavy atom. The molecule has 0 radical (unpaired) electrons. The summed E-state index contributed by atoms with van der Waals surface area (Å²) < 4.78 is 6.11. The molecule has 6 rings (SSSR count). The fraction of sp³-hybridized carbons (Fsp3) is 0.730. The summed E-state index contributed by atoms with van der Waals surface area (Å²) in [5.74, 6) is 2.46. The summed E-state index contributed by atoms with van der Waals surface area (Å²) in [6.07, 6.45) is 14.1. The highest BCUT2D eigenvalue weighted by atomic mass is 16.6. The van der Waals surface area contributed by atoms with Crippen LogP contribution in [-0.4, -0.2) is 48.7 Å². The maximum atomic E-state index is 12.8. The van der Waals surface area contributed by atoms with Crippen molar-refractivity contribution >= 4 is 11.6 Å². The van der Waals surface area contributed by atoms with Crippen LogP contribution in [-0.2, 0) is 19.8 Å². The number of allylic oxidation sites excluding steroid dienone is 2. The van der Waals surface area contributed by atoms with E-state index in [-0.39, 0.29) is 41.0 Å². The van der Waals surface area contributed by atoms with E-state index in [1.54, 1.807) is 0 Å². The van der Waals surface area contributed by atoms with Crippen molar-refractivity contribution < 1.29 is 19.5 Å². The van der Waals surface area contributed by atoms with Crippen molar-refractivity contribution in [1.82, 2.24) is 5.32 Å². The van der Waals surface area contributed by atoms with Gasteiger partial charge in [-0.25, -0.2) is 0 Å². The second-order valence-corrected chi connectivity index (χ2v) is 15.3. The summed E-state index contributed by atoms with van der Waals surface area (Å²) in [5, 5.41) is 18.3. The maximum Gasteiger partial charge on any atom is 0.260 e. The third kappa shape index (κ3) is 5.83. The Morgan fingerprint density at radius 1 is 1.07 bits per heavy atom. The number of fused-ring (bicyclic) bond motifs is 5. The number of nitrogens with zero attached hydrogens (tertiary/aromatic N) is 1. The van der Waals surface area contributed by atoms with Gasteiger partial charge in [-0.2, -0.15) is 0 Å². The molecule has 236 valence electrons. The molecule has 1 heterocycles. The van der Waals surface area contributed by atoms with Crippen LogP contribution >= 0.6 is 0 Å². The number of amides is 1. The molecule has 1 amide bonds. The van der Waals surface area contributed by atoms with Crippen LogP contribution in [0.15, 0.2) is 47.1 Å². The molecule has 3 saturated carbocycles. The number of ether oxygens (including phenoxy) is 1. The summed E-state index contributed by atoms with van der Waals surface area (Å²) in [5.41, 5.74) is 4.20. The molecule has 43 heavy (non-hydrogen) atoms. The molecule has 0 bridgehead atoms. The van der Waals surface area contributed by atoms with Gasteiger partial charge in [0.15, 0.2) is 6.61 Å². The zero-order chi connectivity index (χ0) is 30.2. The quantitative estimate of drug-likeness (QED) is 0.321. The van der Waals surface area contributed by atoms with Gasteiger partial charge >= 0.3 is 0 Å². The number of benzene rings is 1. The van der Waals surface area contributed by atoms with E-state index in [1.165, 1.54) is 30.4 Å². The molecule has 6 nitrogen and oxygen atoms in total. The fourth-order valence-corrected chi connectivity index (χ4v) is 10.1. The van der Waals surface area contributed by atoms with Gasteiger partial charge in [-0.1, -0.05) is 68.8 Å². The summed E-state index contributed by atoms with van der Waals surface area (Å²) in [6.45, 7) is 10.6. The van der Waals surface area contributed by atoms with Gasteiger partial charge in [-0.15, -0.1) is 0 Å². The van der Waals surface area contributed by atoms with Crippen molar-refractivity contribution in [3.63, 3.8) is 0 Å². The van der Waals surface area contributed by atoms with Gasteiger partial charge in [0.05, 0.1) is 17.9 Å². The molecular formula is C37H54N2O4. The van der Waals surface area contributed by atoms with Crippen molar-refractivity contribution in [2.45, 2.75) is 116 Å². The Morgan fingerprint density at radius 2 is 1.88 bits per heavy atom. The largest absolute Gasteiger partial charge is 0.393 e. The first-order valence-electron chi connectivity index (χ1n) is 17.2. The maximum absolute atomic E-state index is 12.8. The third-order valence-electron chi connectivity index (χ3n) is 12.9. The van der Waals surface area contributed by atoms with Crippen LogP contribution in [0.2, 0.25) is 0 Å². The van der Waals surface area contributed by atoms with Gasteiger partial charge in [0.2, 0.25) is 0 Å². The van der Waals surface area contributed by atoms with E-state index in [2.05, 4.69) is 74.6 Å². The SMILES string of the molecule is CC(C)[C@@H]1C[C@](CCNC(=O)CON=C2C=C3CC[C@@H]4[C@@H]5CC[C@H](O)[C@@]5(C)CC[C@@H]4[C@@]3(C)CC2)(c2ccccc2)CCO1. The topological polar surface area (TPSA) is 80.2 Å². The molecule has 1 aromatic carbocycles. The summed E-state index contributed by atoms with van der Waals surface area (Å²) in [4.78, 5) is 18.4. The van der Waals surface area contributed by atoms with E-state index in [0.717, 1.165) is 69.6 Å². The molecule has 1 aromatic rings. The second kappa shape index (κ2) is 12.3. The zero-order valence-electron chi connectivity index (χ0n) is 26.9. The van der Waals surface area contributed by atoms with Gasteiger partial charge in [0, 0.05) is 18.6 Å². The lowest BCUT2D eigenvalue weighted by Crippen LogP contribution is -2.51. The minimum atomic E-state index is -0.119. The van der Waals surface area contributed by atoms with E-state index < -0.39 is 0 Å². The average molecular weight is 591 g/mol. The smallest absolute Gasteiger partial charge is 0.260 e. The van der Waals surface area contributed by atoms with Crippen molar-refractivity contribution in [1.29, 1.82) is 0 Å². The van der Waals surface area contributed by atoms with Gasteiger partial charge in [-0.05, 0) is 117 Å². The van der Waals surface area contributed by atoms with Crippen LogP contribution in [0.1, 0.15) is 104 Å². The molecule has 0 unspecified atom stereocenters. The number of carbonyl (C=O) groups excluding carboxylic acids is 1. The average Bonchev–Trinajstić information content (AvgIpc) is 3.31. The van der Waals surface area contributed by atoms with Crippen LogP contribution in [0.5, 0.6) is 0 Å². The molecule has 6 heteroatoms. The predicted octanol–water partition coefficient (Wildman–Crippen LogP) is 6.96. The molecule has 4 fully saturated rings. The Labute approximate surface area is 259 Å². The van der Waals surface area contributed by atoms with E-state index in [0.29, 0.717) is 24.3 Å². The first-order chi connectivity index (χ1) is 20.6. The second-order valence-electron chi connectivity index (χ2n) is 15.3. The highest BCUT2D eigenvalue weighted by Crippen LogP contribution is 2.65. The number of aliphatic hydroxyl groups is 1. The Hall–Kier alpha value is -2.18. The van der Waals surface area contributed by atoms with Crippen LogP contribution < -0.4 is 5.32 Å². The summed E-state index contributed by atoms with van der Waals surface area (Å²) in [6, 6.07) is 10.7. The van der Waals surface area contributed by atoms with Crippen molar-refractivity contribution in [3.8, 4) is 0 Å². The normalized spacial score (nSPS) is 39.9. The number of aliphatic hydroxyl groups excluding tert-OH is 1. The Bertz CT molecular complexity index is 1210. The van der Waals surface area contributed by atoms with E-state index in [4.69, 9.17) is 9.57 Å². The zero-order valence-corrected chi connectivity index (χ0v) is 26.9. The van der Waals surface area contributed by atoms with Crippen molar-refractivity contribution in [2.75, 3.05) is 19.8 Å². The lowest BCUT2D eigenvalue weighted by molar-refractivity contribution is -0.125. The van der Waals surface area contributed by atoms with Crippen molar-refractivity contribution in [3.05, 3.63) is 47.5 Å². The van der Waals surface area contributed by atoms with Crippen LogP contribution in [0, 0.1) is 34.5 Å². The minimum absolute atomic E-state index is 0.0112. The van der Waals surface area contributed by atoms with Gasteiger partial charge in [0.1, 0.15) is 0 Å². The van der Waals surface area contributed by atoms with E-state index >= 15 is 0 Å². The van der Waals surface area contributed by atoms with Crippen molar-refractivity contribution in [2.24, 2.45) is 39.7 Å². The third-order valence-corrected chi connectivity index (χ3v) is 12.9. The Balaban J connectivity index is 1.02. The number of hydrogen-bond donors (Lipinski definition) is 2.